The monoisotopic (exact) mass is 243 g/mol. The van der Waals surface area contributed by atoms with Crippen LogP contribution in [0.15, 0.2) is 0 Å². The van der Waals surface area contributed by atoms with Crippen molar-refractivity contribution >= 4 is 0 Å². The Balaban J connectivity index is 2.33. The van der Waals surface area contributed by atoms with Crippen molar-refractivity contribution in [2.24, 2.45) is 17.6 Å². The topological polar surface area (TPSA) is 44.5 Å². The lowest BCUT2D eigenvalue weighted by Crippen LogP contribution is -2.44. The van der Waals surface area contributed by atoms with Gasteiger partial charge in [0.15, 0.2) is 0 Å². The third-order valence-corrected chi connectivity index (χ3v) is 4.16. The summed E-state index contributed by atoms with van der Waals surface area (Å²) < 4.78 is 11.1. The zero-order valence-corrected chi connectivity index (χ0v) is 11.7. The summed E-state index contributed by atoms with van der Waals surface area (Å²) in [5.74, 6) is 1.65. The van der Waals surface area contributed by atoms with Crippen molar-refractivity contribution < 1.29 is 9.47 Å². The summed E-state index contributed by atoms with van der Waals surface area (Å²) in [5, 5.41) is 0. The van der Waals surface area contributed by atoms with E-state index in [4.69, 9.17) is 15.2 Å². The lowest BCUT2D eigenvalue weighted by molar-refractivity contribution is -0.0783. The maximum absolute atomic E-state index is 6.04. The van der Waals surface area contributed by atoms with Crippen molar-refractivity contribution in [2.45, 2.75) is 51.6 Å². The smallest absolute Gasteiger partial charge is 0.0804 e. The lowest BCUT2D eigenvalue weighted by Gasteiger charge is -2.40. The van der Waals surface area contributed by atoms with Gasteiger partial charge in [0, 0.05) is 26.9 Å². The van der Waals surface area contributed by atoms with Crippen LogP contribution in [0.25, 0.3) is 0 Å². The minimum atomic E-state index is -0.0425. The summed E-state index contributed by atoms with van der Waals surface area (Å²) in [7, 11) is 1.73. The molecule has 0 unspecified atom stereocenters. The van der Waals surface area contributed by atoms with Gasteiger partial charge in [-0.1, -0.05) is 13.8 Å². The van der Waals surface area contributed by atoms with Crippen LogP contribution < -0.4 is 5.73 Å². The molecule has 0 radical (unpaired) electrons. The van der Waals surface area contributed by atoms with E-state index in [9.17, 15) is 0 Å². The molecular formula is C14H29NO2. The number of ether oxygens (including phenoxy) is 2. The largest absolute Gasteiger partial charge is 0.385 e. The van der Waals surface area contributed by atoms with Crippen LogP contribution in [0, 0.1) is 11.8 Å². The van der Waals surface area contributed by atoms with Crippen LogP contribution in [0.3, 0.4) is 0 Å². The number of rotatable bonds is 7. The van der Waals surface area contributed by atoms with E-state index < -0.39 is 0 Å². The summed E-state index contributed by atoms with van der Waals surface area (Å²) >= 11 is 0. The molecule has 0 bridgehead atoms. The fourth-order valence-electron chi connectivity index (χ4n) is 2.73. The van der Waals surface area contributed by atoms with Crippen molar-refractivity contribution in [3.05, 3.63) is 0 Å². The van der Waals surface area contributed by atoms with E-state index in [2.05, 4.69) is 13.8 Å². The van der Waals surface area contributed by atoms with Gasteiger partial charge in [-0.25, -0.2) is 0 Å². The van der Waals surface area contributed by atoms with Crippen molar-refractivity contribution in [1.82, 2.24) is 0 Å². The first-order valence-electron chi connectivity index (χ1n) is 6.96. The molecule has 102 valence electrons. The lowest BCUT2D eigenvalue weighted by atomic mass is 9.74. The summed E-state index contributed by atoms with van der Waals surface area (Å²) in [6.45, 7) is 6.84. The van der Waals surface area contributed by atoms with Crippen LogP contribution in [0.2, 0.25) is 0 Å². The predicted molar refractivity (Wildman–Crippen MR) is 71.0 cm³/mol. The molecule has 1 aliphatic rings. The van der Waals surface area contributed by atoms with E-state index >= 15 is 0 Å². The van der Waals surface area contributed by atoms with Gasteiger partial charge in [0.2, 0.25) is 0 Å². The van der Waals surface area contributed by atoms with Crippen molar-refractivity contribution in [3.63, 3.8) is 0 Å². The second kappa shape index (κ2) is 7.34. The van der Waals surface area contributed by atoms with Gasteiger partial charge in [0.1, 0.15) is 0 Å². The molecule has 1 fully saturated rings. The Labute approximate surface area is 106 Å². The molecule has 0 heterocycles. The maximum atomic E-state index is 6.04. The zero-order valence-electron chi connectivity index (χ0n) is 11.7. The van der Waals surface area contributed by atoms with Gasteiger partial charge in [0.05, 0.1) is 5.60 Å². The van der Waals surface area contributed by atoms with Gasteiger partial charge in [-0.3, -0.25) is 0 Å². The highest BCUT2D eigenvalue weighted by molar-refractivity contribution is 4.89. The van der Waals surface area contributed by atoms with Crippen LogP contribution in [-0.2, 0) is 9.47 Å². The minimum Gasteiger partial charge on any atom is -0.385 e. The minimum absolute atomic E-state index is 0.0425. The number of hydrogen-bond donors (Lipinski definition) is 1. The van der Waals surface area contributed by atoms with E-state index in [-0.39, 0.29) is 5.60 Å². The van der Waals surface area contributed by atoms with Crippen molar-refractivity contribution in [3.8, 4) is 0 Å². The Morgan fingerprint density at radius 3 is 2.35 bits per heavy atom. The summed E-state index contributed by atoms with van der Waals surface area (Å²) in [6.07, 6.45) is 5.74. The molecule has 0 aromatic rings. The second-order valence-corrected chi connectivity index (χ2v) is 5.66. The van der Waals surface area contributed by atoms with E-state index in [1.54, 1.807) is 7.11 Å². The Morgan fingerprint density at radius 1 is 1.24 bits per heavy atom. The molecule has 0 spiro atoms. The molecule has 2 N–H and O–H groups in total. The highest BCUT2D eigenvalue weighted by atomic mass is 16.5. The molecular weight excluding hydrogens is 214 g/mol. The third kappa shape index (κ3) is 4.57. The van der Waals surface area contributed by atoms with Crippen molar-refractivity contribution in [2.75, 3.05) is 26.9 Å². The Bertz CT molecular complexity index is 198. The highest BCUT2D eigenvalue weighted by Crippen LogP contribution is 2.37. The molecule has 1 saturated carbocycles. The highest BCUT2D eigenvalue weighted by Gasteiger charge is 2.35. The van der Waals surface area contributed by atoms with Crippen LogP contribution in [0.5, 0.6) is 0 Å². The third-order valence-electron chi connectivity index (χ3n) is 4.16. The number of nitrogens with two attached hydrogens (primary N) is 1. The Hall–Kier alpha value is -0.120. The van der Waals surface area contributed by atoms with Crippen LogP contribution in [0.4, 0.5) is 0 Å². The van der Waals surface area contributed by atoms with E-state index in [0.29, 0.717) is 6.54 Å². The fraction of sp³-hybridized carbons (Fsp3) is 1.00. The normalized spacial score (nSPS) is 29.8. The van der Waals surface area contributed by atoms with Crippen molar-refractivity contribution in [1.29, 1.82) is 0 Å². The number of methoxy groups -OCH3 is 1. The summed E-state index contributed by atoms with van der Waals surface area (Å²) in [4.78, 5) is 0. The molecule has 0 amide bonds. The molecule has 1 rings (SSSR count). The molecule has 0 aliphatic heterocycles. The summed E-state index contributed by atoms with van der Waals surface area (Å²) in [6, 6.07) is 0. The van der Waals surface area contributed by atoms with Gasteiger partial charge >= 0.3 is 0 Å². The SMILES string of the molecule is COCCCOC1(CN)CCC(C(C)C)CC1. The van der Waals surface area contributed by atoms with Crippen LogP contribution in [0.1, 0.15) is 46.0 Å². The Kier molecular flexibility index (Phi) is 6.45. The molecule has 0 aromatic carbocycles. The first-order valence-corrected chi connectivity index (χ1v) is 6.96. The second-order valence-electron chi connectivity index (χ2n) is 5.66. The van der Waals surface area contributed by atoms with Gasteiger partial charge in [0.25, 0.3) is 0 Å². The van der Waals surface area contributed by atoms with Gasteiger partial charge in [-0.05, 0) is 43.9 Å². The molecule has 0 atom stereocenters. The predicted octanol–water partition coefficient (Wildman–Crippen LogP) is 2.58. The van der Waals surface area contributed by atoms with E-state index in [1.807, 2.05) is 0 Å². The zero-order chi connectivity index (χ0) is 12.7. The molecule has 17 heavy (non-hydrogen) atoms. The molecule has 3 heteroatoms. The summed E-state index contributed by atoms with van der Waals surface area (Å²) in [5.41, 5.74) is 5.88. The van der Waals surface area contributed by atoms with Gasteiger partial charge in [-0.15, -0.1) is 0 Å². The van der Waals surface area contributed by atoms with E-state index in [1.165, 1.54) is 12.8 Å². The first kappa shape index (κ1) is 14.9. The molecule has 3 nitrogen and oxygen atoms in total. The Morgan fingerprint density at radius 2 is 1.88 bits per heavy atom. The van der Waals surface area contributed by atoms with Gasteiger partial charge in [-0.2, -0.15) is 0 Å². The maximum Gasteiger partial charge on any atom is 0.0804 e. The molecule has 0 saturated heterocycles. The first-order chi connectivity index (χ1) is 8.13. The van der Waals surface area contributed by atoms with Crippen LogP contribution in [-0.4, -0.2) is 32.5 Å². The molecule has 0 aromatic heterocycles. The average molecular weight is 243 g/mol. The average Bonchev–Trinajstić information content (AvgIpc) is 2.35. The standard InChI is InChI=1S/C14H29NO2/c1-12(2)13-5-7-14(11-15,8-6-13)17-10-4-9-16-3/h12-13H,4-11,15H2,1-3H3. The quantitative estimate of drug-likeness (QED) is 0.699. The van der Waals surface area contributed by atoms with E-state index in [0.717, 1.165) is 44.3 Å². The number of hydrogen-bond acceptors (Lipinski definition) is 3. The fourth-order valence-corrected chi connectivity index (χ4v) is 2.73. The van der Waals surface area contributed by atoms with Crippen LogP contribution >= 0.6 is 0 Å². The molecule has 1 aliphatic carbocycles. The van der Waals surface area contributed by atoms with Gasteiger partial charge < -0.3 is 15.2 Å².